The van der Waals surface area contributed by atoms with E-state index in [9.17, 15) is 9.59 Å². The molecule has 2 aromatic heterocycles. The number of fused-ring (bicyclic) bond motifs is 8. The average Bonchev–Trinajstić information content (AvgIpc) is 3.90. The molecule has 10 heteroatoms. The number of rotatable bonds is 18. The number of esters is 1. The molecule has 0 unspecified atom stereocenters. The van der Waals surface area contributed by atoms with Gasteiger partial charge in [-0.15, -0.1) is 0 Å². The molecule has 6 heterocycles. The van der Waals surface area contributed by atoms with Crippen LogP contribution in [0.5, 0.6) is 0 Å². The molecule has 0 spiro atoms. The Labute approximate surface area is 345 Å². The topological polar surface area (TPSA) is 130 Å². The van der Waals surface area contributed by atoms with E-state index in [1.165, 1.54) is 36.8 Å². The van der Waals surface area contributed by atoms with Crippen LogP contribution in [0.1, 0.15) is 210 Å². The maximum Gasteiger partial charge on any atom is 0.305 e. The van der Waals surface area contributed by atoms with E-state index < -0.39 is 0 Å². The molecule has 8 bridgehead atoms. The first kappa shape index (κ1) is 43.0. The van der Waals surface area contributed by atoms with Crippen molar-refractivity contribution in [3.63, 3.8) is 0 Å². The minimum Gasteiger partial charge on any atom is -0.469 e. The van der Waals surface area contributed by atoms with E-state index in [1.54, 1.807) is 0 Å². The van der Waals surface area contributed by atoms with Crippen molar-refractivity contribution < 1.29 is 23.9 Å². The Morgan fingerprint density at radius 2 is 1.43 bits per heavy atom. The molecule has 312 valence electrons. The summed E-state index contributed by atoms with van der Waals surface area (Å²) >= 11 is 0. The highest BCUT2D eigenvalue weighted by Gasteiger charge is 2.41. The highest BCUT2D eigenvalue weighted by molar-refractivity contribution is 6.23. The number of amides is 2. The lowest BCUT2D eigenvalue weighted by molar-refractivity contribution is -0.140. The minimum atomic E-state index is -0.321. The standard InChI is InChI=1S/C48H65N5O5/c1-10-14-16-18-20-24-58-27-35-43-29(6)33(13-4)39(51-43)25-36-28(5)32(12-3)38(49-36)26-37-31(8)41-46(50-37)42(48(56)53(47(41)55)23-19-17-15-11-2)45-34(21-22-40(54)57-9)30(7)44(35)52-45/h25-26,30,34,50,52H,10-24,27H2,1-9H3/t30-,34-/m0/s1. The Bertz CT molecular complexity index is 2190. The molecule has 0 aromatic carbocycles. The van der Waals surface area contributed by atoms with Crippen molar-refractivity contribution in [3.8, 4) is 0 Å². The smallest absolute Gasteiger partial charge is 0.305 e. The van der Waals surface area contributed by atoms with Gasteiger partial charge in [0.1, 0.15) is 0 Å². The van der Waals surface area contributed by atoms with Crippen molar-refractivity contribution >= 4 is 51.1 Å². The van der Waals surface area contributed by atoms with Crippen molar-refractivity contribution in [2.45, 2.75) is 157 Å². The van der Waals surface area contributed by atoms with Crippen molar-refractivity contribution in [2.75, 3.05) is 20.3 Å². The zero-order valence-corrected chi connectivity index (χ0v) is 36.5. The number of hydrogen-bond acceptors (Lipinski definition) is 7. The third-order valence-electron chi connectivity index (χ3n) is 12.8. The molecule has 2 N–H and O–H groups in total. The van der Waals surface area contributed by atoms with Gasteiger partial charge in [0.2, 0.25) is 0 Å². The molecule has 2 aromatic rings. The van der Waals surface area contributed by atoms with Gasteiger partial charge in [0.25, 0.3) is 11.8 Å². The minimum absolute atomic E-state index is 0.137. The van der Waals surface area contributed by atoms with Crippen LogP contribution in [0.25, 0.3) is 33.3 Å². The number of carbonyl (C=O) groups is 3. The third kappa shape index (κ3) is 8.31. The number of aryl methyl sites for hydroxylation is 1. The van der Waals surface area contributed by atoms with Crippen molar-refractivity contribution in [1.29, 1.82) is 0 Å². The van der Waals surface area contributed by atoms with Crippen molar-refractivity contribution in [3.05, 3.63) is 68.6 Å². The number of nitrogens with zero attached hydrogens (tertiary/aromatic N) is 3. The van der Waals surface area contributed by atoms with Gasteiger partial charge in [-0.25, -0.2) is 9.97 Å². The lowest BCUT2D eigenvalue weighted by Crippen LogP contribution is -2.41. The van der Waals surface area contributed by atoms with Crippen LogP contribution in [0.3, 0.4) is 0 Å². The lowest BCUT2D eigenvalue weighted by atomic mass is 9.83. The second-order valence-electron chi connectivity index (χ2n) is 16.4. The molecule has 6 rings (SSSR count). The molecule has 2 atom stereocenters. The zero-order valence-electron chi connectivity index (χ0n) is 36.5. The van der Waals surface area contributed by atoms with Crippen LogP contribution < -0.4 is 0 Å². The molecule has 0 radical (unpaired) electrons. The number of carbonyl (C=O) groups excluding carboxylic acids is 3. The van der Waals surface area contributed by atoms with E-state index >= 15 is 4.79 Å². The summed E-state index contributed by atoms with van der Waals surface area (Å²) in [5.74, 6) is -1.30. The fraction of sp³-hybridized carbons (Fsp3) is 0.562. The fourth-order valence-corrected chi connectivity index (χ4v) is 9.32. The van der Waals surface area contributed by atoms with Gasteiger partial charge in [-0.2, -0.15) is 0 Å². The van der Waals surface area contributed by atoms with E-state index in [1.807, 2.05) is 13.0 Å². The summed E-state index contributed by atoms with van der Waals surface area (Å²) in [4.78, 5) is 61.7. The largest absolute Gasteiger partial charge is 0.469 e. The number of hydrogen-bond donors (Lipinski definition) is 2. The molecule has 4 aliphatic heterocycles. The SMILES string of the molecule is CCCCCCCOCc1c2nc(cc3nc(cc4[nH]c5c(c6[nH]c1[C@@H](C)[C@@H]6CCC(=O)OC)C(=O)N(CCCCCC)C(=O)c5c4C)C(CC)=C3C)C(CC)=C2C. The van der Waals surface area contributed by atoms with Gasteiger partial charge < -0.3 is 19.4 Å². The number of H-pyrrole nitrogens is 2. The van der Waals surface area contributed by atoms with Gasteiger partial charge in [0, 0.05) is 53.9 Å². The van der Waals surface area contributed by atoms with Crippen molar-refractivity contribution in [2.24, 2.45) is 0 Å². The summed E-state index contributed by atoms with van der Waals surface area (Å²) in [6, 6.07) is 4.16. The number of nitrogens with one attached hydrogen (secondary N) is 2. The van der Waals surface area contributed by atoms with Gasteiger partial charge in [0.15, 0.2) is 0 Å². The predicted octanol–water partition coefficient (Wildman–Crippen LogP) is 11.5. The Balaban J connectivity index is 1.71. The van der Waals surface area contributed by atoms with Crippen LogP contribution >= 0.6 is 0 Å². The predicted molar refractivity (Wildman–Crippen MR) is 233 cm³/mol. The Morgan fingerprint density at radius 3 is 2.12 bits per heavy atom. The van der Waals surface area contributed by atoms with E-state index in [0.29, 0.717) is 48.5 Å². The second kappa shape index (κ2) is 19.0. The summed E-state index contributed by atoms with van der Waals surface area (Å²) in [6.45, 7) is 18.4. The van der Waals surface area contributed by atoms with E-state index in [2.05, 4.69) is 64.5 Å². The quantitative estimate of drug-likeness (QED) is 0.0873. The van der Waals surface area contributed by atoms with Crippen LogP contribution in [-0.2, 0) is 20.9 Å². The van der Waals surface area contributed by atoms with Crippen LogP contribution in [0.15, 0.2) is 12.1 Å². The third-order valence-corrected chi connectivity index (χ3v) is 12.8. The van der Waals surface area contributed by atoms with Gasteiger partial charge in [-0.05, 0) is 92.9 Å². The Kier molecular flexibility index (Phi) is 14.1. The summed E-state index contributed by atoms with van der Waals surface area (Å²) in [6.07, 6.45) is 11.7. The Morgan fingerprint density at radius 1 is 0.776 bits per heavy atom. The molecule has 10 nitrogen and oxygen atoms in total. The molecular weight excluding hydrogens is 727 g/mol. The number of unbranched alkanes of at least 4 members (excludes halogenated alkanes) is 7. The number of imide groups is 1. The first-order valence-corrected chi connectivity index (χ1v) is 22.0. The van der Waals surface area contributed by atoms with E-state index in [-0.39, 0.29) is 36.0 Å². The van der Waals surface area contributed by atoms with Gasteiger partial charge in [-0.3, -0.25) is 19.3 Å². The first-order valence-electron chi connectivity index (χ1n) is 22.0. The lowest BCUT2D eigenvalue weighted by Gasteiger charge is -2.27. The van der Waals surface area contributed by atoms with Crippen LogP contribution in [0.4, 0.5) is 0 Å². The molecule has 4 aliphatic rings. The number of methoxy groups -OCH3 is 1. The summed E-state index contributed by atoms with van der Waals surface area (Å²) in [5.41, 5.74) is 13.6. The summed E-state index contributed by atoms with van der Waals surface area (Å²) in [7, 11) is 1.41. The van der Waals surface area contributed by atoms with E-state index in [4.69, 9.17) is 19.4 Å². The monoisotopic (exact) mass is 791 g/mol. The number of aromatic nitrogens is 4. The Hall–Kier alpha value is -4.57. The average molecular weight is 792 g/mol. The molecule has 0 aliphatic carbocycles. The molecule has 2 amide bonds. The van der Waals surface area contributed by atoms with Gasteiger partial charge >= 0.3 is 5.97 Å². The normalized spacial score (nSPS) is 17.2. The summed E-state index contributed by atoms with van der Waals surface area (Å²) < 4.78 is 11.7. The molecular formula is C48H65N5O5. The first-order chi connectivity index (χ1) is 28.0. The van der Waals surface area contributed by atoms with Crippen molar-refractivity contribution in [1.82, 2.24) is 24.8 Å². The van der Waals surface area contributed by atoms with Gasteiger partial charge in [-0.1, -0.05) is 79.6 Å². The molecule has 0 saturated carbocycles. The van der Waals surface area contributed by atoms with Crippen LogP contribution in [-0.4, -0.2) is 62.9 Å². The number of allylic oxidation sites excluding steroid dienone is 4. The number of ether oxygens (including phenoxy) is 2. The van der Waals surface area contributed by atoms with Gasteiger partial charge in [0.05, 0.1) is 53.1 Å². The maximum absolute atomic E-state index is 15.0. The molecule has 58 heavy (non-hydrogen) atoms. The molecule has 0 saturated heterocycles. The summed E-state index contributed by atoms with van der Waals surface area (Å²) in [5, 5.41) is 0. The highest BCUT2D eigenvalue weighted by Crippen LogP contribution is 2.46. The fourth-order valence-electron chi connectivity index (χ4n) is 9.32. The molecule has 0 fully saturated rings. The van der Waals surface area contributed by atoms with E-state index in [0.717, 1.165) is 113 Å². The number of aromatic amines is 2. The van der Waals surface area contributed by atoms with Crippen LogP contribution in [0.2, 0.25) is 0 Å². The highest BCUT2D eigenvalue weighted by atomic mass is 16.5. The second-order valence-corrected chi connectivity index (χ2v) is 16.4. The van der Waals surface area contributed by atoms with Crippen LogP contribution in [0, 0.1) is 6.92 Å². The maximum atomic E-state index is 15.0. The zero-order chi connectivity index (χ0) is 41.7.